The van der Waals surface area contributed by atoms with Gasteiger partial charge in [-0.3, -0.25) is 14.7 Å². The molecule has 0 unspecified atom stereocenters. The summed E-state index contributed by atoms with van der Waals surface area (Å²) in [5, 5.41) is 11.8. The fourth-order valence-electron chi connectivity index (χ4n) is 4.13. The Morgan fingerprint density at radius 2 is 1.45 bits per heavy atom. The second-order valence-corrected chi connectivity index (χ2v) is 8.91. The number of imidazole rings is 1. The van der Waals surface area contributed by atoms with Crippen LogP contribution in [0.4, 0.5) is 5.69 Å². The maximum atomic E-state index is 11.8. The van der Waals surface area contributed by atoms with Crippen LogP contribution in [-0.2, 0) is 15.6 Å². The van der Waals surface area contributed by atoms with E-state index in [1.165, 1.54) is 6.07 Å². The number of fused-ring (bicyclic) bond motifs is 1. The van der Waals surface area contributed by atoms with Crippen LogP contribution in [0.5, 0.6) is 0 Å². The molecule has 0 N–H and O–H groups in total. The Morgan fingerprint density at radius 3 is 1.90 bits per heavy atom. The lowest BCUT2D eigenvalue weighted by atomic mass is 9.90. The third-order valence-corrected chi connectivity index (χ3v) is 6.06. The number of rotatable bonds is 5. The lowest BCUT2D eigenvalue weighted by molar-refractivity contribution is -0.383. The van der Waals surface area contributed by atoms with E-state index in [2.05, 4.69) is 20.8 Å². The van der Waals surface area contributed by atoms with Crippen molar-refractivity contribution in [1.29, 1.82) is 0 Å². The van der Waals surface area contributed by atoms with E-state index in [1.54, 1.807) is 6.07 Å². The van der Waals surface area contributed by atoms with Gasteiger partial charge in [0.2, 0.25) is 0 Å². The predicted octanol–water partition coefficient (Wildman–Crippen LogP) is 4.29. The van der Waals surface area contributed by atoms with E-state index in [4.69, 9.17) is 9.41 Å². The molecule has 4 aromatic rings. The molecule has 0 aliphatic heterocycles. The number of non-ortho nitro benzene ring substituents is 1. The maximum Gasteiger partial charge on any atom is 0.297 e. The third-order valence-electron chi connectivity index (χ3n) is 5.47. The molecule has 31 heavy (non-hydrogen) atoms. The molecule has 158 valence electrons. The zero-order chi connectivity index (χ0) is 22.2. The molecule has 0 atom stereocenters. The molecule has 0 aliphatic rings. The molecule has 4 rings (SSSR count). The molecule has 7 heteroatoms. The van der Waals surface area contributed by atoms with Crippen molar-refractivity contribution >= 4 is 27.2 Å². The molecule has 0 saturated heterocycles. The van der Waals surface area contributed by atoms with Gasteiger partial charge >= 0.3 is 0 Å². The van der Waals surface area contributed by atoms with Crippen molar-refractivity contribution in [2.24, 2.45) is 0 Å². The van der Waals surface area contributed by atoms with Gasteiger partial charge < -0.3 is 4.43 Å². The highest BCUT2D eigenvalue weighted by atomic mass is 28.2. The number of hydrogen-bond acceptors (Lipinski definition) is 4. The minimum atomic E-state index is -0.999. The van der Waals surface area contributed by atoms with Gasteiger partial charge in [-0.25, -0.2) is 4.98 Å². The van der Waals surface area contributed by atoms with Crippen LogP contribution in [0, 0.1) is 10.1 Å². The third kappa shape index (κ3) is 3.36. The van der Waals surface area contributed by atoms with Crippen molar-refractivity contribution in [3.05, 3.63) is 106 Å². The highest BCUT2D eigenvalue weighted by Crippen LogP contribution is 2.42. The summed E-state index contributed by atoms with van der Waals surface area (Å²) in [6, 6.07) is 25.0. The molecule has 1 aromatic heterocycles. The van der Waals surface area contributed by atoms with Gasteiger partial charge in [0, 0.05) is 22.6 Å². The standard InChI is InChI=1S/C24H25N3O3Si/c1-23(2,3)22-25-21-19(15-10-16-20(21)27(28)29)26(22)24(30-31,17-11-6-4-7-12-17)18-13-8-5-9-14-18/h4-16H,1-3,31H3. The second kappa shape index (κ2) is 7.75. The molecule has 6 nitrogen and oxygen atoms in total. The van der Waals surface area contributed by atoms with Gasteiger partial charge in [-0.05, 0) is 6.07 Å². The Kier molecular flexibility index (Phi) is 5.24. The molecule has 0 bridgehead atoms. The Morgan fingerprint density at radius 1 is 0.903 bits per heavy atom. The van der Waals surface area contributed by atoms with Crippen LogP contribution in [0.1, 0.15) is 37.7 Å². The first-order valence-electron chi connectivity index (χ1n) is 10.1. The average molecular weight is 432 g/mol. The fourth-order valence-corrected chi connectivity index (χ4v) is 4.79. The number of para-hydroxylation sites is 1. The first kappa shape index (κ1) is 21.0. The molecule has 1 heterocycles. The van der Waals surface area contributed by atoms with E-state index in [-0.39, 0.29) is 16.0 Å². The van der Waals surface area contributed by atoms with Gasteiger partial charge in [-0.15, -0.1) is 0 Å². The van der Waals surface area contributed by atoms with Crippen molar-refractivity contribution in [2.75, 3.05) is 0 Å². The van der Waals surface area contributed by atoms with Crippen LogP contribution in [0.15, 0.2) is 78.9 Å². The van der Waals surface area contributed by atoms with Crippen LogP contribution >= 0.6 is 0 Å². The van der Waals surface area contributed by atoms with Gasteiger partial charge in [0.25, 0.3) is 5.69 Å². The largest absolute Gasteiger partial charge is 0.399 e. The fraction of sp³-hybridized carbons (Fsp3) is 0.208. The molecule has 0 spiro atoms. The molecule has 0 aliphatic carbocycles. The van der Waals surface area contributed by atoms with E-state index in [0.29, 0.717) is 21.5 Å². The summed E-state index contributed by atoms with van der Waals surface area (Å²) in [5.74, 6) is 0.723. The average Bonchev–Trinajstić information content (AvgIpc) is 3.17. The summed E-state index contributed by atoms with van der Waals surface area (Å²) < 4.78 is 8.54. The second-order valence-electron chi connectivity index (χ2n) is 8.50. The molecular weight excluding hydrogens is 406 g/mol. The summed E-state index contributed by atoms with van der Waals surface area (Å²) >= 11 is 0. The number of aromatic nitrogens is 2. The van der Waals surface area contributed by atoms with E-state index < -0.39 is 5.72 Å². The normalized spacial score (nSPS) is 12.4. The van der Waals surface area contributed by atoms with Crippen LogP contribution in [0.25, 0.3) is 11.0 Å². The molecule has 0 radical (unpaired) electrons. The maximum absolute atomic E-state index is 11.8. The van der Waals surface area contributed by atoms with E-state index in [1.807, 2.05) is 71.3 Å². The van der Waals surface area contributed by atoms with Crippen molar-refractivity contribution in [3.8, 4) is 0 Å². The summed E-state index contributed by atoms with van der Waals surface area (Å²) in [6.07, 6.45) is 0. The van der Waals surface area contributed by atoms with Crippen molar-refractivity contribution in [3.63, 3.8) is 0 Å². The quantitative estimate of drug-likeness (QED) is 0.269. The number of nitrogens with zero attached hydrogens (tertiary/aromatic N) is 3. The van der Waals surface area contributed by atoms with Gasteiger partial charge in [-0.2, -0.15) is 0 Å². The summed E-state index contributed by atoms with van der Waals surface area (Å²) in [4.78, 5) is 16.2. The zero-order valence-electron chi connectivity index (χ0n) is 18.1. The molecule has 0 saturated carbocycles. The first-order chi connectivity index (χ1) is 14.8. The number of benzene rings is 3. The Balaban J connectivity index is 2.22. The Labute approximate surface area is 184 Å². The van der Waals surface area contributed by atoms with Crippen LogP contribution in [0.2, 0.25) is 0 Å². The van der Waals surface area contributed by atoms with Crippen molar-refractivity contribution in [2.45, 2.75) is 31.9 Å². The SMILES string of the molecule is CC(C)(C)c1nc2c([N+](=O)[O-])cccc2n1C(O[SiH3])(c1ccccc1)c1ccccc1. The zero-order valence-corrected chi connectivity index (χ0v) is 20.1. The van der Waals surface area contributed by atoms with Gasteiger partial charge in [-0.1, -0.05) is 87.5 Å². The van der Waals surface area contributed by atoms with Gasteiger partial charge in [0.1, 0.15) is 16.3 Å². The Bertz CT molecular complexity index is 1190. The minimum Gasteiger partial charge on any atom is -0.399 e. The minimum absolute atomic E-state index is 0.00915. The van der Waals surface area contributed by atoms with E-state index in [0.717, 1.165) is 17.0 Å². The summed E-state index contributed by atoms with van der Waals surface area (Å²) in [7, 11) is 0.435. The van der Waals surface area contributed by atoms with Crippen LogP contribution < -0.4 is 0 Å². The number of hydrogen-bond donors (Lipinski definition) is 0. The molecule has 0 fully saturated rings. The highest BCUT2D eigenvalue weighted by molar-refractivity contribution is 5.99. The van der Waals surface area contributed by atoms with Crippen molar-refractivity contribution < 1.29 is 9.35 Å². The number of nitro benzene ring substituents is 1. The topological polar surface area (TPSA) is 70.2 Å². The Hall–Kier alpha value is -3.29. The lowest BCUT2D eigenvalue weighted by Gasteiger charge is -2.39. The van der Waals surface area contributed by atoms with Crippen LogP contribution in [-0.4, -0.2) is 25.0 Å². The number of nitro groups is 1. The summed E-state index contributed by atoms with van der Waals surface area (Å²) in [6.45, 7) is 6.18. The van der Waals surface area contributed by atoms with E-state index in [9.17, 15) is 10.1 Å². The van der Waals surface area contributed by atoms with Crippen molar-refractivity contribution in [1.82, 2.24) is 9.55 Å². The monoisotopic (exact) mass is 431 g/mol. The first-order valence-corrected chi connectivity index (χ1v) is 11.0. The molecule has 0 amide bonds. The molecular formula is C24H25N3O3Si. The smallest absolute Gasteiger partial charge is 0.297 e. The van der Waals surface area contributed by atoms with Crippen LogP contribution in [0.3, 0.4) is 0 Å². The molecule has 3 aromatic carbocycles. The summed E-state index contributed by atoms with van der Waals surface area (Å²) in [5.41, 5.74) is 1.52. The van der Waals surface area contributed by atoms with Gasteiger partial charge in [0.05, 0.1) is 10.4 Å². The predicted molar refractivity (Wildman–Crippen MR) is 125 cm³/mol. The lowest BCUT2D eigenvalue weighted by Crippen LogP contribution is -2.41. The van der Waals surface area contributed by atoms with E-state index >= 15 is 0 Å². The van der Waals surface area contributed by atoms with Gasteiger partial charge in [0.15, 0.2) is 11.2 Å². The highest BCUT2D eigenvalue weighted by Gasteiger charge is 2.42.